The first-order valence-electron chi connectivity index (χ1n) is 6.06. The van der Waals surface area contributed by atoms with E-state index in [2.05, 4.69) is 31.2 Å². The van der Waals surface area contributed by atoms with Crippen LogP contribution in [-0.2, 0) is 11.3 Å². The summed E-state index contributed by atoms with van der Waals surface area (Å²) in [5.74, 6) is 0.966. The number of ether oxygens (including phenoxy) is 1. The Morgan fingerprint density at radius 2 is 2.10 bits per heavy atom. The second kappa shape index (κ2) is 6.28. The number of nitrogens with zero attached hydrogens (tertiary/aromatic N) is 2. The van der Waals surface area contributed by atoms with Gasteiger partial charge in [0.25, 0.3) is 0 Å². The summed E-state index contributed by atoms with van der Waals surface area (Å²) in [4.78, 5) is 8.89. The van der Waals surface area contributed by atoms with Gasteiger partial charge < -0.3 is 10.1 Å². The van der Waals surface area contributed by atoms with Crippen molar-refractivity contribution in [3.63, 3.8) is 0 Å². The average molecular weight is 340 g/mol. The van der Waals surface area contributed by atoms with E-state index in [0.29, 0.717) is 23.8 Å². The van der Waals surface area contributed by atoms with Crippen molar-refractivity contribution in [2.75, 3.05) is 19.5 Å². The molecule has 4 nitrogen and oxygen atoms in total. The van der Waals surface area contributed by atoms with Crippen LogP contribution in [0.25, 0.3) is 11.4 Å². The lowest BCUT2D eigenvalue weighted by Crippen LogP contribution is -2.04. The number of anilines is 1. The Bertz CT molecular complexity index is 634. The fourth-order valence-electron chi connectivity index (χ4n) is 1.80. The zero-order chi connectivity index (χ0) is 14.7. The standard InChI is InChI=1S/C14H15BrFN3O/c1-8-6-9(4-5-10(8)16)13-18-11(7-20-3)12(15)14(17-2)19-13/h4-6H,7H2,1-3H3,(H,17,18,19). The van der Waals surface area contributed by atoms with Gasteiger partial charge in [0.05, 0.1) is 16.8 Å². The molecule has 1 N–H and O–H groups in total. The summed E-state index contributed by atoms with van der Waals surface area (Å²) < 4.78 is 19.2. The topological polar surface area (TPSA) is 47.0 Å². The largest absolute Gasteiger partial charge is 0.378 e. The molecule has 1 heterocycles. The second-order valence-corrected chi connectivity index (χ2v) is 5.10. The highest BCUT2D eigenvalue weighted by Gasteiger charge is 2.13. The van der Waals surface area contributed by atoms with Crippen molar-refractivity contribution >= 4 is 21.7 Å². The monoisotopic (exact) mass is 339 g/mol. The number of aromatic nitrogens is 2. The number of rotatable bonds is 4. The van der Waals surface area contributed by atoms with Crippen LogP contribution in [0.3, 0.4) is 0 Å². The van der Waals surface area contributed by atoms with Gasteiger partial charge in [-0.2, -0.15) is 0 Å². The molecular formula is C14H15BrFN3O. The molecule has 0 atom stereocenters. The molecule has 0 unspecified atom stereocenters. The lowest BCUT2D eigenvalue weighted by Gasteiger charge is -2.11. The highest BCUT2D eigenvalue weighted by atomic mass is 79.9. The van der Waals surface area contributed by atoms with Crippen LogP contribution in [0.1, 0.15) is 11.3 Å². The third kappa shape index (κ3) is 2.96. The first-order valence-corrected chi connectivity index (χ1v) is 6.85. The summed E-state index contributed by atoms with van der Waals surface area (Å²) in [5.41, 5.74) is 2.07. The van der Waals surface area contributed by atoms with Crippen LogP contribution in [0, 0.1) is 12.7 Å². The van der Waals surface area contributed by atoms with Gasteiger partial charge in [0.15, 0.2) is 5.82 Å². The van der Waals surface area contributed by atoms with Crippen LogP contribution >= 0.6 is 15.9 Å². The molecule has 0 saturated carbocycles. The maximum absolute atomic E-state index is 13.3. The molecule has 0 aliphatic heterocycles. The molecule has 0 bridgehead atoms. The van der Waals surface area contributed by atoms with Gasteiger partial charge in [-0.15, -0.1) is 0 Å². The van der Waals surface area contributed by atoms with Crippen LogP contribution in [-0.4, -0.2) is 24.1 Å². The molecule has 0 aliphatic carbocycles. The Balaban J connectivity index is 2.55. The van der Waals surface area contributed by atoms with Gasteiger partial charge in [-0.25, -0.2) is 14.4 Å². The van der Waals surface area contributed by atoms with Gasteiger partial charge in [-0.05, 0) is 46.6 Å². The van der Waals surface area contributed by atoms with Gasteiger partial charge in [-0.1, -0.05) is 0 Å². The van der Waals surface area contributed by atoms with Crippen LogP contribution < -0.4 is 5.32 Å². The van der Waals surface area contributed by atoms with Gasteiger partial charge in [0.1, 0.15) is 11.6 Å². The van der Waals surface area contributed by atoms with E-state index in [1.165, 1.54) is 6.07 Å². The number of hydrogen-bond donors (Lipinski definition) is 1. The van der Waals surface area contributed by atoms with E-state index in [4.69, 9.17) is 4.74 Å². The van der Waals surface area contributed by atoms with Crippen molar-refractivity contribution in [1.82, 2.24) is 9.97 Å². The summed E-state index contributed by atoms with van der Waals surface area (Å²) in [6, 6.07) is 4.82. The maximum atomic E-state index is 13.3. The minimum atomic E-state index is -0.239. The number of methoxy groups -OCH3 is 1. The summed E-state index contributed by atoms with van der Waals surface area (Å²) in [6.45, 7) is 2.08. The molecule has 6 heteroatoms. The van der Waals surface area contributed by atoms with E-state index in [1.807, 2.05) is 0 Å². The summed E-state index contributed by atoms with van der Waals surface area (Å²) in [5, 5.41) is 3.00. The molecule has 1 aromatic carbocycles. The van der Waals surface area contributed by atoms with Crippen molar-refractivity contribution in [3.8, 4) is 11.4 Å². The van der Waals surface area contributed by atoms with E-state index in [1.54, 1.807) is 33.2 Å². The molecule has 0 spiro atoms. The van der Waals surface area contributed by atoms with E-state index in [-0.39, 0.29) is 5.82 Å². The molecule has 0 fully saturated rings. The minimum Gasteiger partial charge on any atom is -0.378 e. The van der Waals surface area contributed by atoms with Crippen LogP contribution in [0.15, 0.2) is 22.7 Å². The van der Waals surface area contributed by atoms with Crippen molar-refractivity contribution in [3.05, 3.63) is 39.7 Å². The molecule has 2 rings (SSSR count). The zero-order valence-electron chi connectivity index (χ0n) is 11.5. The first-order chi connectivity index (χ1) is 9.56. The Kier molecular flexibility index (Phi) is 4.67. The second-order valence-electron chi connectivity index (χ2n) is 4.30. The van der Waals surface area contributed by atoms with E-state index >= 15 is 0 Å². The third-order valence-corrected chi connectivity index (χ3v) is 3.69. The van der Waals surface area contributed by atoms with Gasteiger partial charge in [0.2, 0.25) is 0 Å². The normalized spacial score (nSPS) is 10.7. The molecule has 0 amide bonds. The van der Waals surface area contributed by atoms with E-state index < -0.39 is 0 Å². The van der Waals surface area contributed by atoms with Gasteiger partial charge >= 0.3 is 0 Å². The highest BCUT2D eigenvalue weighted by molar-refractivity contribution is 9.10. The molecule has 2 aromatic rings. The maximum Gasteiger partial charge on any atom is 0.161 e. The number of hydrogen-bond acceptors (Lipinski definition) is 4. The quantitative estimate of drug-likeness (QED) is 0.925. The molecule has 20 heavy (non-hydrogen) atoms. The zero-order valence-corrected chi connectivity index (χ0v) is 13.1. The number of aryl methyl sites for hydroxylation is 1. The lowest BCUT2D eigenvalue weighted by atomic mass is 10.1. The van der Waals surface area contributed by atoms with E-state index in [9.17, 15) is 4.39 Å². The summed E-state index contributed by atoms with van der Waals surface area (Å²) in [7, 11) is 3.39. The summed E-state index contributed by atoms with van der Waals surface area (Å²) >= 11 is 3.45. The molecule has 0 saturated heterocycles. The SMILES string of the molecule is CNc1nc(-c2ccc(F)c(C)c2)nc(COC)c1Br. The summed E-state index contributed by atoms with van der Waals surface area (Å²) in [6.07, 6.45) is 0. The minimum absolute atomic E-state index is 0.239. The average Bonchev–Trinajstić information content (AvgIpc) is 2.44. The van der Waals surface area contributed by atoms with Crippen LogP contribution in [0.4, 0.5) is 10.2 Å². The van der Waals surface area contributed by atoms with E-state index in [0.717, 1.165) is 15.7 Å². The lowest BCUT2D eigenvalue weighted by molar-refractivity contribution is 0.181. The van der Waals surface area contributed by atoms with Gasteiger partial charge in [-0.3, -0.25) is 0 Å². The van der Waals surface area contributed by atoms with Crippen LogP contribution in [0.5, 0.6) is 0 Å². The predicted octanol–water partition coefficient (Wildman–Crippen LogP) is 3.54. The van der Waals surface area contributed by atoms with Gasteiger partial charge in [0, 0.05) is 19.7 Å². The fraction of sp³-hybridized carbons (Fsp3) is 0.286. The Morgan fingerprint density at radius 1 is 1.35 bits per heavy atom. The number of halogens is 2. The van der Waals surface area contributed by atoms with Crippen molar-refractivity contribution < 1.29 is 9.13 Å². The molecule has 0 aliphatic rings. The number of benzene rings is 1. The molecule has 1 aromatic heterocycles. The number of nitrogens with one attached hydrogen (secondary N) is 1. The molecular weight excluding hydrogens is 325 g/mol. The Labute approximate surface area is 125 Å². The molecule has 106 valence electrons. The van der Waals surface area contributed by atoms with Crippen LogP contribution in [0.2, 0.25) is 0 Å². The third-order valence-electron chi connectivity index (χ3n) is 2.85. The van der Waals surface area contributed by atoms with Crippen molar-refractivity contribution in [2.24, 2.45) is 0 Å². The van der Waals surface area contributed by atoms with Crippen molar-refractivity contribution in [1.29, 1.82) is 0 Å². The molecule has 0 radical (unpaired) electrons. The highest BCUT2D eigenvalue weighted by Crippen LogP contribution is 2.28. The Hall–Kier alpha value is -1.53. The smallest absolute Gasteiger partial charge is 0.161 e. The van der Waals surface area contributed by atoms with Crippen molar-refractivity contribution in [2.45, 2.75) is 13.5 Å². The first kappa shape index (κ1) is 14.9. The predicted molar refractivity (Wildman–Crippen MR) is 80.1 cm³/mol. The fourth-order valence-corrected chi connectivity index (χ4v) is 2.29. The Morgan fingerprint density at radius 3 is 2.70 bits per heavy atom.